The number of benzene rings is 1. The molecule has 0 unspecified atom stereocenters. The van der Waals surface area contributed by atoms with Crippen LogP contribution in [0.15, 0.2) is 54.7 Å². The third-order valence-electron chi connectivity index (χ3n) is 3.16. The molecule has 2 heterocycles. The van der Waals surface area contributed by atoms with Gasteiger partial charge in [0.15, 0.2) is 5.06 Å². The maximum atomic E-state index is 12.1. The van der Waals surface area contributed by atoms with Gasteiger partial charge in [0, 0.05) is 16.1 Å². The highest BCUT2D eigenvalue weighted by molar-refractivity contribution is 7.13. The van der Waals surface area contributed by atoms with E-state index in [1.807, 2.05) is 24.3 Å². The molecule has 0 saturated heterocycles. The van der Waals surface area contributed by atoms with Gasteiger partial charge in [-0.3, -0.25) is 4.79 Å². The topological polar surface area (TPSA) is 77.2 Å². The van der Waals surface area contributed by atoms with E-state index in [9.17, 15) is 4.79 Å². The van der Waals surface area contributed by atoms with E-state index in [4.69, 9.17) is 22.1 Å². The molecule has 0 aliphatic carbocycles. The molecule has 122 valence electrons. The van der Waals surface area contributed by atoms with E-state index in [-0.39, 0.29) is 11.7 Å². The van der Waals surface area contributed by atoms with Gasteiger partial charge in [-0.2, -0.15) is 0 Å². The van der Waals surface area contributed by atoms with Crippen molar-refractivity contribution in [3.63, 3.8) is 0 Å². The number of nitrogens with two attached hydrogens (primary N) is 1. The first-order valence-corrected chi connectivity index (χ1v) is 8.32. The zero-order chi connectivity index (χ0) is 16.9. The van der Waals surface area contributed by atoms with Gasteiger partial charge in [-0.1, -0.05) is 17.7 Å². The van der Waals surface area contributed by atoms with Crippen LogP contribution in [0.2, 0.25) is 5.02 Å². The van der Waals surface area contributed by atoms with E-state index in [0.717, 1.165) is 9.94 Å². The van der Waals surface area contributed by atoms with Gasteiger partial charge >= 0.3 is 0 Å². The molecule has 0 bridgehead atoms. The Bertz CT molecular complexity index is 866. The number of amides is 1. The van der Waals surface area contributed by atoms with E-state index < -0.39 is 0 Å². The Labute approximate surface area is 148 Å². The normalized spacial score (nSPS) is 10.4. The van der Waals surface area contributed by atoms with Crippen LogP contribution in [0, 0.1) is 0 Å². The molecule has 0 spiro atoms. The second-order valence-electron chi connectivity index (χ2n) is 4.90. The van der Waals surface area contributed by atoms with Crippen molar-refractivity contribution >= 4 is 34.7 Å². The standard InChI is InChI=1S/C17H14ClN3O2S/c18-11-3-1-4-12(9-11)23-15-7-6-13(24-15)10-21-17(22)14-5-2-8-20-16(14)19/h1-9H,10H2,(H2,19,20)(H,21,22). The zero-order valence-electron chi connectivity index (χ0n) is 12.5. The maximum absolute atomic E-state index is 12.1. The Morgan fingerprint density at radius 3 is 2.92 bits per heavy atom. The zero-order valence-corrected chi connectivity index (χ0v) is 14.1. The monoisotopic (exact) mass is 359 g/mol. The highest BCUT2D eigenvalue weighted by Gasteiger charge is 2.10. The van der Waals surface area contributed by atoms with Crippen molar-refractivity contribution in [1.29, 1.82) is 0 Å². The summed E-state index contributed by atoms with van der Waals surface area (Å²) in [5.41, 5.74) is 6.06. The second kappa shape index (κ2) is 7.33. The first-order valence-electron chi connectivity index (χ1n) is 7.12. The number of anilines is 1. The van der Waals surface area contributed by atoms with Crippen molar-refractivity contribution in [3.05, 3.63) is 70.2 Å². The highest BCUT2D eigenvalue weighted by atomic mass is 35.5. The molecule has 5 nitrogen and oxygen atoms in total. The van der Waals surface area contributed by atoms with Gasteiger partial charge in [0.2, 0.25) is 0 Å². The summed E-state index contributed by atoms with van der Waals surface area (Å²) in [6.45, 7) is 0.386. The maximum Gasteiger partial charge on any atom is 0.255 e. The molecule has 3 rings (SSSR count). The third-order valence-corrected chi connectivity index (χ3v) is 4.36. The minimum atomic E-state index is -0.258. The minimum absolute atomic E-state index is 0.214. The molecule has 0 radical (unpaired) electrons. The number of ether oxygens (including phenoxy) is 1. The van der Waals surface area contributed by atoms with E-state index in [0.29, 0.717) is 22.9 Å². The number of rotatable bonds is 5. The summed E-state index contributed by atoms with van der Waals surface area (Å²) in [7, 11) is 0. The van der Waals surface area contributed by atoms with Crippen LogP contribution in [0.1, 0.15) is 15.2 Å². The van der Waals surface area contributed by atoms with E-state index in [1.54, 1.807) is 30.5 Å². The summed E-state index contributed by atoms with van der Waals surface area (Å²) in [5.74, 6) is 0.625. The number of aromatic nitrogens is 1. The van der Waals surface area contributed by atoms with Gasteiger partial charge < -0.3 is 15.8 Å². The fourth-order valence-electron chi connectivity index (χ4n) is 2.03. The van der Waals surface area contributed by atoms with Crippen molar-refractivity contribution < 1.29 is 9.53 Å². The SMILES string of the molecule is Nc1ncccc1C(=O)NCc1ccc(Oc2cccc(Cl)c2)s1. The molecule has 2 aromatic heterocycles. The Morgan fingerprint density at radius 1 is 1.25 bits per heavy atom. The number of nitrogens with one attached hydrogen (secondary N) is 1. The second-order valence-corrected chi connectivity index (χ2v) is 6.47. The molecule has 1 amide bonds. The Kier molecular flexibility index (Phi) is 4.98. The number of nitrogen functional groups attached to an aromatic ring is 1. The fraction of sp³-hybridized carbons (Fsp3) is 0.0588. The average Bonchev–Trinajstić information content (AvgIpc) is 3.00. The predicted molar refractivity (Wildman–Crippen MR) is 95.7 cm³/mol. The van der Waals surface area contributed by atoms with Gasteiger partial charge in [0.1, 0.15) is 11.6 Å². The number of thiophene rings is 1. The lowest BCUT2D eigenvalue weighted by atomic mass is 10.2. The molecule has 3 N–H and O–H groups in total. The van der Waals surface area contributed by atoms with Gasteiger partial charge in [0.25, 0.3) is 5.91 Å². The third kappa shape index (κ3) is 4.04. The van der Waals surface area contributed by atoms with Gasteiger partial charge in [-0.05, 0) is 42.5 Å². The lowest BCUT2D eigenvalue weighted by molar-refractivity contribution is 0.0952. The molecule has 24 heavy (non-hydrogen) atoms. The molecule has 7 heteroatoms. The van der Waals surface area contributed by atoms with Crippen molar-refractivity contribution in [2.45, 2.75) is 6.54 Å². The average molecular weight is 360 g/mol. The molecule has 1 aromatic carbocycles. The summed E-state index contributed by atoms with van der Waals surface area (Å²) >= 11 is 7.38. The quantitative estimate of drug-likeness (QED) is 0.719. The van der Waals surface area contributed by atoms with Crippen LogP contribution in [0.5, 0.6) is 10.8 Å². The smallest absolute Gasteiger partial charge is 0.255 e. The summed E-state index contributed by atoms with van der Waals surface area (Å²) in [4.78, 5) is 17.0. The summed E-state index contributed by atoms with van der Waals surface area (Å²) in [6.07, 6.45) is 1.55. The van der Waals surface area contributed by atoms with Crippen molar-refractivity contribution in [2.75, 3.05) is 5.73 Å². The van der Waals surface area contributed by atoms with Crippen molar-refractivity contribution in [1.82, 2.24) is 10.3 Å². The van der Waals surface area contributed by atoms with Gasteiger partial charge in [0.05, 0.1) is 12.1 Å². The number of hydrogen-bond acceptors (Lipinski definition) is 5. The first-order chi connectivity index (χ1) is 11.6. The van der Waals surface area contributed by atoms with Crippen LogP contribution in [0.3, 0.4) is 0 Å². The largest absolute Gasteiger partial charge is 0.447 e. The number of carbonyl (C=O) groups is 1. The molecular formula is C17H14ClN3O2S. The van der Waals surface area contributed by atoms with Crippen LogP contribution in [0.25, 0.3) is 0 Å². The minimum Gasteiger partial charge on any atom is -0.447 e. The number of carbonyl (C=O) groups excluding carboxylic acids is 1. The van der Waals surface area contributed by atoms with Crippen LogP contribution < -0.4 is 15.8 Å². The van der Waals surface area contributed by atoms with Crippen molar-refractivity contribution in [3.8, 4) is 10.8 Å². The van der Waals surface area contributed by atoms with E-state index >= 15 is 0 Å². The molecule has 0 aliphatic heterocycles. The van der Waals surface area contributed by atoms with Gasteiger partial charge in [-0.25, -0.2) is 4.98 Å². The fourth-order valence-corrected chi connectivity index (χ4v) is 3.02. The number of halogens is 1. The Hall–Kier alpha value is -2.57. The first kappa shape index (κ1) is 16.3. The van der Waals surface area contributed by atoms with Crippen LogP contribution in [0.4, 0.5) is 5.82 Å². The molecule has 0 aliphatic rings. The summed E-state index contributed by atoms with van der Waals surface area (Å²) < 4.78 is 5.74. The molecular weight excluding hydrogens is 346 g/mol. The van der Waals surface area contributed by atoms with Gasteiger partial charge in [-0.15, -0.1) is 11.3 Å². The Balaban J connectivity index is 1.60. The summed E-state index contributed by atoms with van der Waals surface area (Å²) in [5, 5.41) is 4.16. The Morgan fingerprint density at radius 2 is 2.12 bits per heavy atom. The molecule has 3 aromatic rings. The van der Waals surface area contributed by atoms with E-state index in [1.165, 1.54) is 11.3 Å². The van der Waals surface area contributed by atoms with E-state index in [2.05, 4.69) is 10.3 Å². The number of hydrogen-bond donors (Lipinski definition) is 2. The highest BCUT2D eigenvalue weighted by Crippen LogP contribution is 2.30. The van der Waals surface area contributed by atoms with Crippen LogP contribution in [-0.4, -0.2) is 10.9 Å². The number of nitrogens with zero attached hydrogens (tertiary/aromatic N) is 1. The lowest BCUT2D eigenvalue weighted by Gasteiger charge is -2.05. The molecule has 0 fully saturated rings. The molecule has 0 saturated carbocycles. The predicted octanol–water partition coefficient (Wildman–Crippen LogP) is 4.10. The summed E-state index contributed by atoms with van der Waals surface area (Å²) in [6, 6.07) is 14.3. The van der Waals surface area contributed by atoms with Crippen LogP contribution in [-0.2, 0) is 6.54 Å². The molecule has 0 atom stereocenters. The number of pyridine rings is 1. The lowest BCUT2D eigenvalue weighted by Crippen LogP contribution is -2.23. The van der Waals surface area contributed by atoms with Crippen LogP contribution >= 0.6 is 22.9 Å². The van der Waals surface area contributed by atoms with Crippen molar-refractivity contribution in [2.24, 2.45) is 0 Å².